The van der Waals surface area contributed by atoms with Gasteiger partial charge in [0.25, 0.3) is 0 Å². The van der Waals surface area contributed by atoms with Gasteiger partial charge in [-0.2, -0.15) is 0 Å². The minimum absolute atomic E-state index is 0.465. The molecule has 0 radical (unpaired) electrons. The van der Waals surface area contributed by atoms with Crippen LogP contribution in [0.15, 0.2) is 25.6 Å². The van der Waals surface area contributed by atoms with Crippen LogP contribution in [0.5, 0.6) is 5.75 Å². The lowest BCUT2D eigenvalue weighted by Crippen LogP contribution is -1.80. The third-order valence-electron chi connectivity index (χ3n) is 1.09. The predicted molar refractivity (Wildman–Crippen MR) is 64.5 cm³/mol. The summed E-state index contributed by atoms with van der Waals surface area (Å²) in [5.74, 6) is 0.731. The minimum Gasteiger partial charge on any atom is -0.426 e. The third kappa shape index (κ3) is 2.74. The Balaban J connectivity index is 3.18. The topological polar surface area (TPSA) is 9.23 Å². The summed E-state index contributed by atoms with van der Waals surface area (Å²) < 4.78 is 7.93. The Hall–Kier alpha value is 0.980. The van der Waals surface area contributed by atoms with Crippen molar-refractivity contribution in [3.05, 3.63) is 25.6 Å². The second-order valence-electron chi connectivity index (χ2n) is 1.86. The molecule has 0 unspecified atom stereocenters. The maximum absolute atomic E-state index is 5.19. The van der Waals surface area contributed by atoms with E-state index in [9.17, 15) is 0 Å². The summed E-state index contributed by atoms with van der Waals surface area (Å²) in [6.45, 7) is 0. The third-order valence-corrected chi connectivity index (χ3v) is 3.21. The van der Waals surface area contributed by atoms with E-state index in [2.05, 4.69) is 59.6 Å². The molecular weight excluding hydrogens is 391 g/mol. The molecule has 0 aliphatic carbocycles. The van der Waals surface area contributed by atoms with Crippen molar-refractivity contribution in [2.45, 2.75) is 0 Å². The first-order valence-electron chi connectivity index (χ1n) is 2.79. The molecule has 0 bridgehead atoms. The smallest absolute Gasteiger partial charge is 0.205 e. The van der Waals surface area contributed by atoms with Gasteiger partial charge >= 0.3 is 0 Å². The highest BCUT2D eigenvalue weighted by molar-refractivity contribution is 9.11. The second-order valence-corrected chi connectivity index (χ2v) is 5.27. The maximum atomic E-state index is 5.19. The zero-order chi connectivity index (χ0) is 9.14. The van der Waals surface area contributed by atoms with Crippen molar-refractivity contribution in [1.29, 1.82) is 0 Å². The number of hydrogen-bond donors (Lipinski definition) is 0. The molecule has 0 N–H and O–H groups in total. The molecule has 0 fully saturated rings. The summed E-state index contributed by atoms with van der Waals surface area (Å²) in [7, 11) is 0.465. The molecule has 0 spiro atoms. The normalized spacial score (nSPS) is 10.2. The van der Waals surface area contributed by atoms with Crippen molar-refractivity contribution in [2.75, 3.05) is 0 Å². The van der Waals surface area contributed by atoms with Crippen molar-refractivity contribution in [3.8, 4) is 5.75 Å². The van der Waals surface area contributed by atoms with Gasteiger partial charge in [-0.05, 0) is 55.8 Å². The van der Waals surface area contributed by atoms with E-state index in [1.165, 1.54) is 0 Å². The van der Waals surface area contributed by atoms with Gasteiger partial charge in [-0.15, -0.1) is 0 Å². The van der Waals surface area contributed by atoms with Crippen LogP contribution in [0.4, 0.5) is 0 Å². The standard InChI is InChI=1S/C6H2Br3OPS/c7-3-1-4(8)6(10-11-12)5(9)2-3/h1-2H. The summed E-state index contributed by atoms with van der Waals surface area (Å²) in [5, 5.41) is 0. The summed E-state index contributed by atoms with van der Waals surface area (Å²) in [4.78, 5) is 0. The monoisotopic (exact) mass is 390 g/mol. The molecule has 64 valence electrons. The largest absolute Gasteiger partial charge is 0.426 e. The van der Waals surface area contributed by atoms with Crippen LogP contribution in [0.2, 0.25) is 0 Å². The van der Waals surface area contributed by atoms with Crippen molar-refractivity contribution < 1.29 is 4.52 Å². The number of benzene rings is 1. The summed E-state index contributed by atoms with van der Waals surface area (Å²) in [5.41, 5.74) is 0. The first kappa shape index (κ1) is 11.1. The lowest BCUT2D eigenvalue weighted by Gasteiger charge is -2.04. The molecular formula is C6H2Br3OPS. The number of hydrogen-bond acceptors (Lipinski definition) is 2. The first-order valence-corrected chi connectivity index (χ1v) is 7.00. The van der Waals surface area contributed by atoms with Crippen molar-refractivity contribution in [3.63, 3.8) is 0 Å². The lowest BCUT2D eigenvalue weighted by atomic mass is 10.3. The van der Waals surface area contributed by atoms with Gasteiger partial charge in [0.05, 0.1) is 8.95 Å². The van der Waals surface area contributed by atoms with Crippen LogP contribution < -0.4 is 4.52 Å². The van der Waals surface area contributed by atoms with Crippen LogP contribution in [-0.2, 0) is 11.8 Å². The molecule has 0 saturated heterocycles. The molecule has 0 aliphatic heterocycles. The number of halogens is 3. The fraction of sp³-hybridized carbons (Fsp3) is 0. The Labute approximate surface area is 102 Å². The van der Waals surface area contributed by atoms with E-state index in [0.717, 1.165) is 19.2 Å². The Morgan fingerprint density at radius 2 is 1.67 bits per heavy atom. The van der Waals surface area contributed by atoms with E-state index in [4.69, 9.17) is 4.52 Å². The highest BCUT2D eigenvalue weighted by Gasteiger charge is 2.06. The molecule has 0 aliphatic rings. The Morgan fingerprint density at radius 3 is 2.08 bits per heavy atom. The zero-order valence-corrected chi connectivity index (χ0v) is 12.0. The molecule has 1 aromatic rings. The Bertz CT molecular complexity index is 295. The molecule has 1 aromatic carbocycles. The van der Waals surface area contributed by atoms with Crippen molar-refractivity contribution in [1.82, 2.24) is 0 Å². The Kier molecular flexibility index (Phi) is 4.62. The summed E-state index contributed by atoms with van der Waals surface area (Å²) in [6, 6.07) is 3.81. The number of rotatable bonds is 2. The van der Waals surface area contributed by atoms with E-state index >= 15 is 0 Å². The highest BCUT2D eigenvalue weighted by Crippen LogP contribution is 2.37. The average Bonchev–Trinajstić information content (AvgIpc) is 1.96. The summed E-state index contributed by atoms with van der Waals surface area (Å²) in [6.07, 6.45) is 0. The van der Waals surface area contributed by atoms with Gasteiger partial charge in [0.15, 0.2) is 5.75 Å². The maximum Gasteiger partial charge on any atom is 0.205 e. The molecule has 1 nitrogen and oxygen atoms in total. The van der Waals surface area contributed by atoms with Crippen molar-refractivity contribution in [2.24, 2.45) is 0 Å². The van der Waals surface area contributed by atoms with Gasteiger partial charge in [0.1, 0.15) is 0 Å². The average molecular weight is 393 g/mol. The van der Waals surface area contributed by atoms with Gasteiger partial charge in [0.2, 0.25) is 7.58 Å². The van der Waals surface area contributed by atoms with Gasteiger partial charge in [-0.3, -0.25) is 0 Å². The van der Waals surface area contributed by atoms with E-state index < -0.39 is 0 Å². The SMILES string of the molecule is S=POc1c(Br)cc(Br)cc1Br. The molecule has 1 rings (SSSR count). The van der Waals surface area contributed by atoms with E-state index in [-0.39, 0.29) is 0 Å². The fourth-order valence-corrected chi connectivity index (χ4v) is 3.82. The lowest BCUT2D eigenvalue weighted by molar-refractivity contribution is 0.635. The van der Waals surface area contributed by atoms with E-state index in [0.29, 0.717) is 7.58 Å². The molecule has 12 heavy (non-hydrogen) atoms. The van der Waals surface area contributed by atoms with Crippen LogP contribution in [0, 0.1) is 0 Å². The second kappa shape index (κ2) is 5.01. The van der Waals surface area contributed by atoms with Crippen LogP contribution >= 0.6 is 55.4 Å². The van der Waals surface area contributed by atoms with Crippen LogP contribution in [0.25, 0.3) is 0 Å². The van der Waals surface area contributed by atoms with Crippen LogP contribution in [-0.4, -0.2) is 0 Å². The van der Waals surface area contributed by atoms with Crippen LogP contribution in [0.3, 0.4) is 0 Å². The molecule has 0 saturated carbocycles. The molecule has 0 amide bonds. The van der Waals surface area contributed by atoms with E-state index in [1.54, 1.807) is 0 Å². The zero-order valence-electron chi connectivity index (χ0n) is 5.55. The fourth-order valence-electron chi connectivity index (χ4n) is 0.653. The van der Waals surface area contributed by atoms with Gasteiger partial charge in [-0.1, -0.05) is 15.9 Å². The van der Waals surface area contributed by atoms with Crippen molar-refractivity contribution >= 4 is 67.2 Å². The van der Waals surface area contributed by atoms with Gasteiger partial charge < -0.3 is 4.52 Å². The van der Waals surface area contributed by atoms with Gasteiger partial charge in [0, 0.05) is 4.47 Å². The molecule has 0 aromatic heterocycles. The van der Waals surface area contributed by atoms with Crippen LogP contribution in [0.1, 0.15) is 0 Å². The molecule has 6 heteroatoms. The minimum atomic E-state index is 0.465. The van der Waals surface area contributed by atoms with E-state index in [1.807, 2.05) is 12.1 Å². The highest BCUT2D eigenvalue weighted by atomic mass is 79.9. The predicted octanol–water partition coefficient (Wildman–Crippen LogP) is 4.68. The molecule has 0 atom stereocenters. The molecule has 0 heterocycles. The first-order chi connectivity index (χ1) is 5.65. The van der Waals surface area contributed by atoms with Gasteiger partial charge in [-0.25, -0.2) is 0 Å². The summed E-state index contributed by atoms with van der Waals surface area (Å²) >= 11 is 14.8. The quantitative estimate of drug-likeness (QED) is 0.676. The Morgan fingerprint density at radius 1 is 1.17 bits per heavy atom.